The highest BCUT2D eigenvalue weighted by Gasteiger charge is 2.16. The van der Waals surface area contributed by atoms with E-state index in [2.05, 4.69) is 35.2 Å². The van der Waals surface area contributed by atoms with Gasteiger partial charge in [-0.25, -0.2) is 0 Å². The van der Waals surface area contributed by atoms with Crippen molar-refractivity contribution in [3.8, 4) is 0 Å². The average molecular weight is 330 g/mol. The summed E-state index contributed by atoms with van der Waals surface area (Å²) in [6.45, 7) is 4.16. The van der Waals surface area contributed by atoms with Crippen LogP contribution in [-0.4, -0.2) is 31.1 Å². The Morgan fingerprint density at radius 3 is 2.39 bits per heavy atom. The second-order valence-corrected chi connectivity index (χ2v) is 6.56. The monoisotopic (exact) mass is 329 g/mol. The van der Waals surface area contributed by atoms with Gasteiger partial charge in [-0.3, -0.25) is 0 Å². The summed E-state index contributed by atoms with van der Waals surface area (Å²) in [5, 5.41) is 0.753. The number of nitrogens with zero attached hydrogens (tertiary/aromatic N) is 1. The van der Waals surface area contributed by atoms with Crippen LogP contribution >= 0.6 is 11.6 Å². The standard InChI is InChI=1S/C20H24ClNO/c21-19-11-7-10-18(16-19)20(17-8-3-1-4-9-17)23-15-14-22-12-5-2-6-13-22/h1,3-4,7-11,16,20H,2,5-6,12-15H2. The van der Waals surface area contributed by atoms with Gasteiger partial charge in [-0.05, 0) is 49.2 Å². The van der Waals surface area contributed by atoms with Gasteiger partial charge in [-0.15, -0.1) is 0 Å². The molecule has 2 aromatic rings. The summed E-state index contributed by atoms with van der Waals surface area (Å²) in [5.41, 5.74) is 2.29. The van der Waals surface area contributed by atoms with Crippen molar-refractivity contribution in [2.75, 3.05) is 26.2 Å². The van der Waals surface area contributed by atoms with E-state index in [0.29, 0.717) is 0 Å². The molecule has 0 saturated carbocycles. The maximum absolute atomic E-state index is 6.27. The van der Waals surface area contributed by atoms with Crippen molar-refractivity contribution in [3.63, 3.8) is 0 Å². The zero-order valence-corrected chi connectivity index (χ0v) is 14.2. The van der Waals surface area contributed by atoms with E-state index in [1.54, 1.807) is 0 Å². The number of hydrogen-bond donors (Lipinski definition) is 0. The second kappa shape index (κ2) is 8.49. The van der Waals surface area contributed by atoms with Crippen LogP contribution in [0.25, 0.3) is 0 Å². The molecule has 0 bridgehead atoms. The van der Waals surface area contributed by atoms with Gasteiger partial charge >= 0.3 is 0 Å². The molecule has 0 aliphatic carbocycles. The molecule has 1 heterocycles. The fourth-order valence-corrected chi connectivity index (χ4v) is 3.36. The van der Waals surface area contributed by atoms with E-state index in [1.165, 1.54) is 37.9 Å². The Balaban J connectivity index is 1.68. The zero-order chi connectivity index (χ0) is 15.9. The molecule has 0 radical (unpaired) electrons. The number of likely N-dealkylation sites (tertiary alicyclic amines) is 1. The quantitative estimate of drug-likeness (QED) is 0.745. The van der Waals surface area contributed by atoms with Gasteiger partial charge in [0, 0.05) is 11.6 Å². The molecule has 2 aromatic carbocycles. The zero-order valence-electron chi connectivity index (χ0n) is 13.5. The van der Waals surface area contributed by atoms with Gasteiger partial charge in [0.15, 0.2) is 0 Å². The molecule has 2 nitrogen and oxygen atoms in total. The fraction of sp³-hybridized carbons (Fsp3) is 0.400. The van der Waals surface area contributed by atoms with Gasteiger partial charge in [0.2, 0.25) is 0 Å². The molecule has 1 aliphatic rings. The molecular weight excluding hydrogens is 306 g/mol. The van der Waals surface area contributed by atoms with Gasteiger partial charge in [-0.2, -0.15) is 0 Å². The molecule has 122 valence electrons. The van der Waals surface area contributed by atoms with Crippen molar-refractivity contribution in [2.24, 2.45) is 0 Å². The van der Waals surface area contributed by atoms with Crippen LogP contribution in [0.4, 0.5) is 0 Å². The Hall–Kier alpha value is -1.35. The summed E-state index contributed by atoms with van der Waals surface area (Å²) in [6.07, 6.45) is 3.94. The third kappa shape index (κ3) is 4.81. The Bertz CT molecular complexity index is 596. The van der Waals surface area contributed by atoms with Crippen LogP contribution in [-0.2, 0) is 4.74 Å². The van der Waals surface area contributed by atoms with Crippen molar-refractivity contribution >= 4 is 11.6 Å². The van der Waals surface area contributed by atoms with Crippen LogP contribution < -0.4 is 0 Å². The molecule has 0 spiro atoms. The van der Waals surface area contributed by atoms with Gasteiger partial charge in [-0.1, -0.05) is 60.5 Å². The van der Waals surface area contributed by atoms with Crippen molar-refractivity contribution in [3.05, 3.63) is 70.7 Å². The summed E-state index contributed by atoms with van der Waals surface area (Å²) < 4.78 is 6.27. The predicted molar refractivity (Wildman–Crippen MR) is 96.0 cm³/mol. The van der Waals surface area contributed by atoms with Gasteiger partial charge < -0.3 is 9.64 Å². The van der Waals surface area contributed by atoms with E-state index < -0.39 is 0 Å². The van der Waals surface area contributed by atoms with Crippen LogP contribution in [0, 0.1) is 0 Å². The van der Waals surface area contributed by atoms with E-state index in [9.17, 15) is 0 Å². The lowest BCUT2D eigenvalue weighted by molar-refractivity contribution is 0.0557. The number of halogens is 1. The first-order valence-electron chi connectivity index (χ1n) is 8.47. The SMILES string of the molecule is Clc1cccc(C(OCCN2CCCCC2)c2ccccc2)c1. The highest BCUT2D eigenvalue weighted by Crippen LogP contribution is 2.27. The van der Waals surface area contributed by atoms with Crippen molar-refractivity contribution in [2.45, 2.75) is 25.4 Å². The summed E-state index contributed by atoms with van der Waals surface area (Å²) in [7, 11) is 0. The molecule has 1 saturated heterocycles. The first kappa shape index (κ1) is 16.5. The maximum atomic E-state index is 6.27. The minimum atomic E-state index is -0.0558. The smallest absolute Gasteiger partial charge is 0.108 e. The number of rotatable bonds is 6. The Morgan fingerprint density at radius 2 is 1.65 bits per heavy atom. The largest absolute Gasteiger partial charge is 0.367 e. The Kier molecular flexibility index (Phi) is 6.09. The predicted octanol–water partition coefficient (Wildman–Crippen LogP) is 4.93. The Labute approximate surface area is 144 Å². The second-order valence-electron chi connectivity index (χ2n) is 6.12. The van der Waals surface area contributed by atoms with E-state index >= 15 is 0 Å². The third-order valence-electron chi connectivity index (χ3n) is 4.39. The molecule has 23 heavy (non-hydrogen) atoms. The average Bonchev–Trinajstić information content (AvgIpc) is 2.60. The molecule has 1 atom stereocenters. The highest BCUT2D eigenvalue weighted by molar-refractivity contribution is 6.30. The summed E-state index contributed by atoms with van der Waals surface area (Å²) in [6, 6.07) is 18.4. The Morgan fingerprint density at radius 1 is 0.913 bits per heavy atom. The van der Waals surface area contributed by atoms with E-state index in [4.69, 9.17) is 16.3 Å². The van der Waals surface area contributed by atoms with Crippen LogP contribution in [0.1, 0.15) is 36.5 Å². The number of piperidine rings is 1. The first-order chi connectivity index (χ1) is 11.3. The van der Waals surface area contributed by atoms with E-state index in [1.807, 2.05) is 24.3 Å². The van der Waals surface area contributed by atoms with E-state index in [0.717, 1.165) is 23.7 Å². The fourth-order valence-electron chi connectivity index (χ4n) is 3.17. The molecule has 1 aliphatic heterocycles. The van der Waals surface area contributed by atoms with Crippen LogP contribution in [0.15, 0.2) is 54.6 Å². The minimum absolute atomic E-state index is 0.0558. The lowest BCUT2D eigenvalue weighted by Gasteiger charge is -2.27. The lowest BCUT2D eigenvalue weighted by Crippen LogP contribution is -2.33. The third-order valence-corrected chi connectivity index (χ3v) is 4.63. The van der Waals surface area contributed by atoms with Crippen molar-refractivity contribution < 1.29 is 4.74 Å². The van der Waals surface area contributed by atoms with Crippen molar-refractivity contribution in [1.29, 1.82) is 0 Å². The molecule has 0 amide bonds. The summed E-state index contributed by atoms with van der Waals surface area (Å²) in [5.74, 6) is 0. The molecule has 0 N–H and O–H groups in total. The molecule has 3 heteroatoms. The lowest BCUT2D eigenvalue weighted by atomic mass is 10.0. The topological polar surface area (TPSA) is 12.5 Å². The number of benzene rings is 2. The summed E-state index contributed by atoms with van der Waals surface area (Å²) >= 11 is 6.17. The van der Waals surface area contributed by atoms with Crippen molar-refractivity contribution in [1.82, 2.24) is 4.90 Å². The number of hydrogen-bond acceptors (Lipinski definition) is 2. The molecule has 1 fully saturated rings. The molecule has 3 rings (SSSR count). The van der Waals surface area contributed by atoms with Gasteiger partial charge in [0.05, 0.1) is 6.61 Å². The van der Waals surface area contributed by atoms with Gasteiger partial charge in [0.1, 0.15) is 6.10 Å². The maximum Gasteiger partial charge on any atom is 0.108 e. The van der Waals surface area contributed by atoms with Gasteiger partial charge in [0.25, 0.3) is 0 Å². The highest BCUT2D eigenvalue weighted by atomic mass is 35.5. The molecule has 1 unspecified atom stereocenters. The molecular formula is C20H24ClNO. The minimum Gasteiger partial charge on any atom is -0.367 e. The molecule has 0 aromatic heterocycles. The normalized spacial score (nSPS) is 17.1. The first-order valence-corrected chi connectivity index (χ1v) is 8.85. The van der Waals surface area contributed by atoms with E-state index in [-0.39, 0.29) is 6.10 Å². The van der Waals surface area contributed by atoms with Crippen LogP contribution in [0.5, 0.6) is 0 Å². The number of ether oxygens (including phenoxy) is 1. The summed E-state index contributed by atoms with van der Waals surface area (Å²) in [4.78, 5) is 2.50. The van der Waals surface area contributed by atoms with Crippen LogP contribution in [0.3, 0.4) is 0 Å². The van der Waals surface area contributed by atoms with Crippen LogP contribution in [0.2, 0.25) is 5.02 Å².